The number of aromatic nitrogens is 1. The number of carbonyl (C=O) groups excluding carboxylic acids is 1. The van der Waals surface area contributed by atoms with Crippen molar-refractivity contribution in [2.75, 3.05) is 5.32 Å². The average Bonchev–Trinajstić information content (AvgIpc) is 2.15. The zero-order chi connectivity index (χ0) is 12.3. The summed E-state index contributed by atoms with van der Waals surface area (Å²) in [6.07, 6.45) is 1.51. The van der Waals surface area contributed by atoms with Crippen molar-refractivity contribution in [3.05, 3.63) is 21.8 Å². The Morgan fingerprint density at radius 1 is 1.62 bits per heavy atom. The van der Waals surface area contributed by atoms with Crippen LogP contribution in [0, 0.1) is 5.92 Å². The van der Waals surface area contributed by atoms with Crippen LogP contribution in [0.2, 0.25) is 5.02 Å². The van der Waals surface area contributed by atoms with Crippen LogP contribution in [0.5, 0.6) is 0 Å². The molecule has 1 atom stereocenters. The molecule has 1 heterocycles. The summed E-state index contributed by atoms with van der Waals surface area (Å²) in [6.45, 7) is 3.82. The van der Waals surface area contributed by atoms with Crippen molar-refractivity contribution in [3.63, 3.8) is 0 Å². The molecule has 1 aromatic rings. The summed E-state index contributed by atoms with van der Waals surface area (Å²) >= 11 is 9.08. The molecular weight excluding hydrogens is 293 g/mol. The first-order chi connectivity index (χ1) is 7.41. The fourth-order valence-corrected chi connectivity index (χ4v) is 1.99. The molecule has 0 spiro atoms. The van der Waals surface area contributed by atoms with Crippen LogP contribution in [0.15, 0.2) is 16.7 Å². The minimum atomic E-state index is -0.454. The van der Waals surface area contributed by atoms with Crippen molar-refractivity contribution in [1.82, 2.24) is 4.98 Å². The fraction of sp³-hybridized carbons (Fsp3) is 0.400. The number of carbonyl (C=O) groups is 1. The van der Waals surface area contributed by atoms with Gasteiger partial charge in [0.15, 0.2) is 0 Å². The predicted octanol–water partition coefficient (Wildman–Crippen LogP) is 2.42. The van der Waals surface area contributed by atoms with Crippen molar-refractivity contribution in [2.24, 2.45) is 11.7 Å². The highest BCUT2D eigenvalue weighted by molar-refractivity contribution is 9.10. The van der Waals surface area contributed by atoms with Crippen molar-refractivity contribution < 1.29 is 4.79 Å². The number of hydrogen-bond acceptors (Lipinski definition) is 3. The SMILES string of the molecule is CC(C)C(Nc1ncc(Cl)cc1Br)C(N)=O. The van der Waals surface area contributed by atoms with Gasteiger partial charge in [-0.05, 0) is 27.9 Å². The highest BCUT2D eigenvalue weighted by Gasteiger charge is 2.20. The summed E-state index contributed by atoms with van der Waals surface area (Å²) < 4.78 is 0.701. The maximum Gasteiger partial charge on any atom is 0.240 e. The number of nitrogens with zero attached hydrogens (tertiary/aromatic N) is 1. The summed E-state index contributed by atoms with van der Waals surface area (Å²) in [5, 5.41) is 3.51. The molecule has 4 nitrogen and oxygen atoms in total. The second-order valence-electron chi connectivity index (χ2n) is 3.75. The van der Waals surface area contributed by atoms with Gasteiger partial charge < -0.3 is 11.1 Å². The van der Waals surface area contributed by atoms with E-state index >= 15 is 0 Å². The smallest absolute Gasteiger partial charge is 0.240 e. The lowest BCUT2D eigenvalue weighted by Crippen LogP contribution is -2.39. The van der Waals surface area contributed by atoms with Crippen LogP contribution in [-0.4, -0.2) is 16.9 Å². The van der Waals surface area contributed by atoms with Gasteiger partial charge in [-0.1, -0.05) is 25.4 Å². The van der Waals surface area contributed by atoms with Crippen LogP contribution < -0.4 is 11.1 Å². The molecule has 0 fully saturated rings. The lowest BCUT2D eigenvalue weighted by atomic mass is 10.0. The highest BCUT2D eigenvalue weighted by atomic mass is 79.9. The van der Waals surface area contributed by atoms with E-state index in [0.29, 0.717) is 15.3 Å². The third-order valence-corrected chi connectivity index (χ3v) is 2.88. The summed E-state index contributed by atoms with van der Waals surface area (Å²) in [7, 11) is 0. The molecule has 0 aliphatic rings. The van der Waals surface area contributed by atoms with Crippen LogP contribution in [0.1, 0.15) is 13.8 Å². The van der Waals surface area contributed by atoms with Gasteiger partial charge in [-0.15, -0.1) is 0 Å². The van der Waals surface area contributed by atoms with Gasteiger partial charge in [0, 0.05) is 6.20 Å². The minimum Gasteiger partial charge on any atom is -0.368 e. The maximum atomic E-state index is 11.2. The van der Waals surface area contributed by atoms with E-state index in [1.165, 1.54) is 6.20 Å². The van der Waals surface area contributed by atoms with Gasteiger partial charge in [-0.3, -0.25) is 4.79 Å². The van der Waals surface area contributed by atoms with Crippen molar-refractivity contribution >= 4 is 39.3 Å². The van der Waals surface area contributed by atoms with Crippen molar-refractivity contribution in [2.45, 2.75) is 19.9 Å². The summed E-state index contributed by atoms with van der Waals surface area (Å²) in [5.41, 5.74) is 5.29. The third kappa shape index (κ3) is 3.35. The first kappa shape index (κ1) is 13.3. The van der Waals surface area contributed by atoms with E-state index in [-0.39, 0.29) is 5.92 Å². The quantitative estimate of drug-likeness (QED) is 0.897. The Balaban J connectivity index is 2.90. The van der Waals surface area contributed by atoms with E-state index in [1.54, 1.807) is 6.07 Å². The van der Waals surface area contributed by atoms with Crippen LogP contribution >= 0.6 is 27.5 Å². The molecule has 1 rings (SSSR count). The molecule has 0 radical (unpaired) electrons. The number of amides is 1. The number of nitrogens with two attached hydrogens (primary N) is 1. The topological polar surface area (TPSA) is 68.0 Å². The van der Waals surface area contributed by atoms with Gasteiger partial charge in [0.2, 0.25) is 5.91 Å². The van der Waals surface area contributed by atoms with Crippen LogP contribution in [0.4, 0.5) is 5.82 Å². The van der Waals surface area contributed by atoms with Gasteiger partial charge in [0.1, 0.15) is 11.9 Å². The molecule has 88 valence electrons. The predicted molar refractivity (Wildman–Crippen MR) is 68.4 cm³/mol. The number of pyridine rings is 1. The molecule has 3 N–H and O–H groups in total. The van der Waals surface area contributed by atoms with Gasteiger partial charge in [-0.25, -0.2) is 4.98 Å². The largest absolute Gasteiger partial charge is 0.368 e. The van der Waals surface area contributed by atoms with Gasteiger partial charge >= 0.3 is 0 Å². The third-order valence-electron chi connectivity index (χ3n) is 2.07. The van der Waals surface area contributed by atoms with Gasteiger partial charge in [-0.2, -0.15) is 0 Å². The first-order valence-corrected chi connectivity index (χ1v) is 5.95. The molecule has 0 saturated heterocycles. The van der Waals surface area contributed by atoms with Crippen LogP contribution in [-0.2, 0) is 4.79 Å². The standard InChI is InChI=1S/C10H13BrClN3O/c1-5(2)8(9(13)16)15-10-7(11)3-6(12)4-14-10/h3-5,8H,1-2H3,(H2,13,16)(H,14,15). The fourth-order valence-electron chi connectivity index (χ4n) is 1.23. The Kier molecular flexibility index (Phi) is 4.56. The maximum absolute atomic E-state index is 11.2. The number of anilines is 1. The molecule has 1 aromatic heterocycles. The molecule has 0 aromatic carbocycles. The zero-order valence-corrected chi connectivity index (χ0v) is 11.3. The van der Waals surface area contributed by atoms with E-state index < -0.39 is 11.9 Å². The molecule has 0 saturated carbocycles. The van der Waals surface area contributed by atoms with Crippen LogP contribution in [0.25, 0.3) is 0 Å². The molecule has 0 bridgehead atoms. The second kappa shape index (κ2) is 5.50. The van der Waals surface area contributed by atoms with Crippen molar-refractivity contribution in [1.29, 1.82) is 0 Å². The van der Waals surface area contributed by atoms with E-state index in [1.807, 2.05) is 13.8 Å². The van der Waals surface area contributed by atoms with Gasteiger partial charge in [0.05, 0.1) is 9.50 Å². The first-order valence-electron chi connectivity index (χ1n) is 4.78. The van der Waals surface area contributed by atoms with E-state index in [0.717, 1.165) is 0 Å². The van der Waals surface area contributed by atoms with Gasteiger partial charge in [0.25, 0.3) is 0 Å². The van der Waals surface area contributed by atoms with E-state index in [2.05, 4.69) is 26.2 Å². The molecule has 0 aliphatic heterocycles. The Bertz CT molecular complexity index is 398. The van der Waals surface area contributed by atoms with Crippen molar-refractivity contribution in [3.8, 4) is 0 Å². The minimum absolute atomic E-state index is 0.0851. The number of primary amides is 1. The number of nitrogens with one attached hydrogen (secondary N) is 1. The molecule has 1 unspecified atom stereocenters. The highest BCUT2D eigenvalue weighted by Crippen LogP contribution is 2.24. The lowest BCUT2D eigenvalue weighted by Gasteiger charge is -2.20. The Hall–Kier alpha value is -0.810. The van der Waals surface area contributed by atoms with E-state index in [4.69, 9.17) is 17.3 Å². The molecule has 1 amide bonds. The number of hydrogen-bond donors (Lipinski definition) is 2. The van der Waals surface area contributed by atoms with Crippen LogP contribution in [0.3, 0.4) is 0 Å². The molecule has 6 heteroatoms. The number of halogens is 2. The summed E-state index contributed by atoms with van der Waals surface area (Å²) in [5.74, 6) is 0.238. The molecular formula is C10H13BrClN3O. The Morgan fingerprint density at radius 2 is 2.25 bits per heavy atom. The van der Waals surface area contributed by atoms with E-state index in [9.17, 15) is 4.79 Å². The summed E-state index contributed by atoms with van der Waals surface area (Å²) in [4.78, 5) is 15.3. The average molecular weight is 307 g/mol. The molecule has 0 aliphatic carbocycles. The lowest BCUT2D eigenvalue weighted by molar-refractivity contribution is -0.119. The zero-order valence-electron chi connectivity index (χ0n) is 9.00. The Labute approximate surface area is 108 Å². The molecule has 16 heavy (non-hydrogen) atoms. The Morgan fingerprint density at radius 3 is 2.69 bits per heavy atom. The second-order valence-corrected chi connectivity index (χ2v) is 5.04. The monoisotopic (exact) mass is 305 g/mol. The number of rotatable bonds is 4. The normalized spacial score (nSPS) is 12.6. The summed E-state index contributed by atoms with van der Waals surface area (Å²) in [6, 6.07) is 1.25.